The van der Waals surface area contributed by atoms with Gasteiger partial charge in [0, 0.05) is 18.2 Å². The third-order valence-electron chi connectivity index (χ3n) is 5.77. The average molecular weight is 365 g/mol. The van der Waals surface area contributed by atoms with Crippen LogP contribution in [0.3, 0.4) is 0 Å². The lowest BCUT2D eigenvalue weighted by atomic mass is 9.82. The summed E-state index contributed by atoms with van der Waals surface area (Å²) in [6, 6.07) is 14.6. The highest BCUT2D eigenvalue weighted by Crippen LogP contribution is 2.38. The van der Waals surface area contributed by atoms with Gasteiger partial charge in [0.15, 0.2) is 0 Å². The molecular weight excluding hydrogens is 338 g/mol. The number of carbonyl (C=O) groups excluding carboxylic acids is 1. The first-order chi connectivity index (χ1) is 13.2. The number of amides is 1. The summed E-state index contributed by atoms with van der Waals surface area (Å²) in [5, 5.41) is 0. The van der Waals surface area contributed by atoms with E-state index in [9.17, 15) is 4.79 Å². The van der Waals surface area contributed by atoms with Crippen molar-refractivity contribution in [2.75, 3.05) is 14.2 Å². The lowest BCUT2D eigenvalue weighted by molar-refractivity contribution is -0.134. The van der Waals surface area contributed by atoms with Gasteiger partial charge >= 0.3 is 0 Å². The van der Waals surface area contributed by atoms with E-state index in [0.29, 0.717) is 12.6 Å². The van der Waals surface area contributed by atoms with Gasteiger partial charge in [-0.3, -0.25) is 4.79 Å². The van der Waals surface area contributed by atoms with Crippen molar-refractivity contribution in [2.45, 2.75) is 50.6 Å². The van der Waals surface area contributed by atoms with Crippen molar-refractivity contribution in [3.05, 3.63) is 59.2 Å². The van der Waals surface area contributed by atoms with Gasteiger partial charge in [0.2, 0.25) is 5.91 Å². The van der Waals surface area contributed by atoms with Crippen LogP contribution in [0.15, 0.2) is 42.5 Å². The Morgan fingerprint density at radius 2 is 1.89 bits per heavy atom. The maximum absolute atomic E-state index is 13.6. The number of aryl methyl sites for hydroxylation is 1. The Balaban J connectivity index is 1.62. The lowest BCUT2D eigenvalue weighted by Crippen LogP contribution is -2.37. The number of hydrogen-bond acceptors (Lipinski definition) is 3. The summed E-state index contributed by atoms with van der Waals surface area (Å²) in [7, 11) is 3.33. The molecule has 2 aromatic carbocycles. The van der Waals surface area contributed by atoms with Crippen molar-refractivity contribution < 1.29 is 14.3 Å². The number of fused-ring (bicyclic) bond motifs is 1. The van der Waals surface area contributed by atoms with E-state index in [0.717, 1.165) is 49.2 Å². The molecule has 1 unspecified atom stereocenters. The highest BCUT2D eigenvalue weighted by molar-refractivity contribution is 5.85. The van der Waals surface area contributed by atoms with E-state index in [1.807, 2.05) is 18.2 Å². The molecule has 2 aliphatic rings. The average Bonchev–Trinajstić information content (AvgIpc) is 3.56. The maximum Gasteiger partial charge on any atom is 0.230 e. The van der Waals surface area contributed by atoms with Gasteiger partial charge in [-0.05, 0) is 61.4 Å². The molecule has 2 aliphatic carbocycles. The van der Waals surface area contributed by atoms with Gasteiger partial charge in [0.25, 0.3) is 0 Å². The molecule has 0 aromatic heterocycles. The zero-order chi connectivity index (χ0) is 18.8. The third-order valence-corrected chi connectivity index (χ3v) is 5.77. The molecule has 1 amide bonds. The van der Waals surface area contributed by atoms with Crippen LogP contribution < -0.4 is 9.47 Å². The summed E-state index contributed by atoms with van der Waals surface area (Å²) in [5.41, 5.74) is 3.55. The molecule has 142 valence electrons. The van der Waals surface area contributed by atoms with Crippen molar-refractivity contribution in [1.82, 2.24) is 4.90 Å². The van der Waals surface area contributed by atoms with Gasteiger partial charge in [0.05, 0.1) is 20.1 Å². The Hall–Kier alpha value is -2.49. The fourth-order valence-corrected chi connectivity index (χ4v) is 4.17. The topological polar surface area (TPSA) is 38.8 Å². The number of methoxy groups -OCH3 is 2. The van der Waals surface area contributed by atoms with Gasteiger partial charge in [0.1, 0.15) is 11.5 Å². The predicted molar refractivity (Wildman–Crippen MR) is 105 cm³/mol. The number of nitrogens with zero attached hydrogens (tertiary/aromatic N) is 1. The zero-order valence-corrected chi connectivity index (χ0v) is 16.1. The largest absolute Gasteiger partial charge is 0.497 e. The first kappa shape index (κ1) is 17.9. The quantitative estimate of drug-likeness (QED) is 0.765. The summed E-state index contributed by atoms with van der Waals surface area (Å²) in [4.78, 5) is 15.6. The second-order valence-corrected chi connectivity index (χ2v) is 7.52. The Morgan fingerprint density at radius 1 is 1.07 bits per heavy atom. The van der Waals surface area contributed by atoms with Gasteiger partial charge in [-0.2, -0.15) is 0 Å². The Labute approximate surface area is 161 Å². The Kier molecular flexibility index (Phi) is 5.06. The third kappa shape index (κ3) is 3.66. The van der Waals surface area contributed by atoms with Crippen LogP contribution in [0.1, 0.15) is 48.3 Å². The molecule has 2 aromatic rings. The van der Waals surface area contributed by atoms with Gasteiger partial charge in [-0.1, -0.05) is 24.3 Å². The minimum Gasteiger partial charge on any atom is -0.497 e. The second-order valence-electron chi connectivity index (χ2n) is 7.52. The van der Waals surface area contributed by atoms with Crippen molar-refractivity contribution >= 4 is 5.91 Å². The minimum atomic E-state index is -0.0212. The number of rotatable bonds is 6. The normalized spacial score (nSPS) is 18.5. The molecule has 1 saturated carbocycles. The molecule has 4 heteroatoms. The molecule has 4 nitrogen and oxygen atoms in total. The first-order valence-electron chi connectivity index (χ1n) is 9.80. The summed E-state index contributed by atoms with van der Waals surface area (Å²) in [6.07, 6.45) is 5.27. The molecule has 27 heavy (non-hydrogen) atoms. The molecule has 0 spiro atoms. The molecule has 0 N–H and O–H groups in total. The van der Waals surface area contributed by atoms with Crippen molar-refractivity contribution in [1.29, 1.82) is 0 Å². The fraction of sp³-hybridized carbons (Fsp3) is 0.435. The molecule has 1 fully saturated rings. The molecule has 4 rings (SSSR count). The highest BCUT2D eigenvalue weighted by atomic mass is 16.5. The lowest BCUT2D eigenvalue weighted by Gasteiger charge is -2.31. The van der Waals surface area contributed by atoms with E-state index in [1.165, 1.54) is 11.1 Å². The molecule has 0 bridgehead atoms. The summed E-state index contributed by atoms with van der Waals surface area (Å²) in [6.45, 7) is 0.572. The van der Waals surface area contributed by atoms with Crippen LogP contribution in [0.4, 0.5) is 0 Å². The maximum atomic E-state index is 13.6. The van der Waals surface area contributed by atoms with Crippen LogP contribution in [0, 0.1) is 0 Å². The van der Waals surface area contributed by atoms with E-state index in [2.05, 4.69) is 29.2 Å². The Bertz CT molecular complexity index is 828. The van der Waals surface area contributed by atoms with Crippen LogP contribution in [0.5, 0.6) is 11.5 Å². The Morgan fingerprint density at radius 3 is 2.63 bits per heavy atom. The second kappa shape index (κ2) is 7.63. The molecular formula is C23H27NO3. The number of benzene rings is 2. The summed E-state index contributed by atoms with van der Waals surface area (Å²) < 4.78 is 10.9. The number of carbonyl (C=O) groups is 1. The summed E-state index contributed by atoms with van der Waals surface area (Å²) in [5.74, 6) is 1.83. The van der Waals surface area contributed by atoms with E-state index in [1.54, 1.807) is 14.2 Å². The number of ether oxygens (including phenoxy) is 2. The fourth-order valence-electron chi connectivity index (χ4n) is 4.17. The number of hydrogen-bond donors (Lipinski definition) is 0. The molecule has 1 atom stereocenters. The van der Waals surface area contributed by atoms with E-state index >= 15 is 0 Å². The molecule has 0 radical (unpaired) electrons. The van der Waals surface area contributed by atoms with Crippen LogP contribution in [0.25, 0.3) is 0 Å². The zero-order valence-electron chi connectivity index (χ0n) is 16.1. The molecule has 0 heterocycles. The predicted octanol–water partition coefficient (Wildman–Crippen LogP) is 4.31. The van der Waals surface area contributed by atoms with Crippen molar-refractivity contribution in [2.24, 2.45) is 0 Å². The summed E-state index contributed by atoms with van der Waals surface area (Å²) >= 11 is 0. The molecule has 0 saturated heterocycles. The van der Waals surface area contributed by atoms with Crippen molar-refractivity contribution in [3.8, 4) is 11.5 Å². The van der Waals surface area contributed by atoms with Crippen LogP contribution in [-0.2, 0) is 17.8 Å². The monoisotopic (exact) mass is 365 g/mol. The van der Waals surface area contributed by atoms with E-state index in [-0.39, 0.29) is 11.8 Å². The molecule has 0 aliphatic heterocycles. The SMILES string of the molecule is COc1ccc(OC)c(CN(C(=O)C2CCCc3ccccc32)C2CC2)c1. The smallest absolute Gasteiger partial charge is 0.230 e. The van der Waals surface area contributed by atoms with Crippen LogP contribution in [0.2, 0.25) is 0 Å². The van der Waals surface area contributed by atoms with Gasteiger partial charge in [-0.15, -0.1) is 0 Å². The highest BCUT2D eigenvalue weighted by Gasteiger charge is 2.38. The van der Waals surface area contributed by atoms with E-state index in [4.69, 9.17) is 9.47 Å². The van der Waals surface area contributed by atoms with Gasteiger partial charge < -0.3 is 14.4 Å². The standard InChI is InChI=1S/C23H27NO3/c1-26-19-12-13-22(27-2)17(14-19)15-24(18-10-11-18)23(25)21-9-5-7-16-6-3-4-8-20(16)21/h3-4,6,8,12-14,18,21H,5,7,9-11,15H2,1-2H3. The van der Waals surface area contributed by atoms with Gasteiger partial charge in [-0.25, -0.2) is 0 Å². The van der Waals surface area contributed by atoms with Crippen LogP contribution in [-0.4, -0.2) is 31.1 Å². The van der Waals surface area contributed by atoms with Crippen LogP contribution >= 0.6 is 0 Å². The minimum absolute atomic E-state index is 0.0212. The van der Waals surface area contributed by atoms with E-state index < -0.39 is 0 Å². The van der Waals surface area contributed by atoms with Crippen molar-refractivity contribution in [3.63, 3.8) is 0 Å². The first-order valence-corrected chi connectivity index (χ1v) is 9.80.